The molecule has 0 spiro atoms. The van der Waals surface area contributed by atoms with E-state index in [-0.39, 0.29) is 23.4 Å². The summed E-state index contributed by atoms with van der Waals surface area (Å²) in [5.41, 5.74) is 0.147. The maximum Gasteiger partial charge on any atom is 0.101 e. The summed E-state index contributed by atoms with van der Waals surface area (Å²) in [6.07, 6.45) is 0.610. The van der Waals surface area contributed by atoms with Gasteiger partial charge in [0.15, 0.2) is 0 Å². The second-order valence-electron chi connectivity index (χ2n) is 2.81. The number of hydrogen-bond acceptors (Lipinski definition) is 4. The van der Waals surface area contributed by atoms with Gasteiger partial charge in [-0.1, -0.05) is 0 Å². The molecule has 4 heteroatoms. The standard InChI is InChI=1S/C7H14O3S/c1-6-10-5-7(4-9,11-6)2-3-8/h6,8-9H,2-5H2,1H3. The highest BCUT2D eigenvalue weighted by molar-refractivity contribution is 8.01. The van der Waals surface area contributed by atoms with Gasteiger partial charge < -0.3 is 14.9 Å². The minimum absolute atomic E-state index is 0.0859. The van der Waals surface area contributed by atoms with Gasteiger partial charge in [0, 0.05) is 6.61 Å². The van der Waals surface area contributed by atoms with Gasteiger partial charge in [0.25, 0.3) is 0 Å². The van der Waals surface area contributed by atoms with Gasteiger partial charge in [-0.3, -0.25) is 0 Å². The lowest BCUT2D eigenvalue weighted by Gasteiger charge is -2.22. The van der Waals surface area contributed by atoms with E-state index in [0.29, 0.717) is 13.0 Å². The molecule has 1 rings (SSSR count). The van der Waals surface area contributed by atoms with E-state index >= 15 is 0 Å². The van der Waals surface area contributed by atoms with Crippen molar-refractivity contribution in [2.24, 2.45) is 0 Å². The monoisotopic (exact) mass is 178 g/mol. The van der Waals surface area contributed by atoms with Gasteiger partial charge >= 0.3 is 0 Å². The van der Waals surface area contributed by atoms with Crippen LogP contribution in [-0.4, -0.2) is 40.2 Å². The number of aliphatic hydroxyl groups is 2. The summed E-state index contributed by atoms with van der Waals surface area (Å²) in [6, 6.07) is 0. The van der Waals surface area contributed by atoms with E-state index in [4.69, 9.17) is 14.9 Å². The summed E-state index contributed by atoms with van der Waals surface area (Å²) in [6.45, 7) is 2.71. The number of aliphatic hydroxyl groups excluding tert-OH is 2. The zero-order valence-corrected chi connectivity index (χ0v) is 7.43. The highest BCUT2D eigenvalue weighted by Crippen LogP contribution is 2.39. The molecule has 11 heavy (non-hydrogen) atoms. The van der Waals surface area contributed by atoms with E-state index in [0.717, 1.165) is 0 Å². The fourth-order valence-corrected chi connectivity index (χ4v) is 2.45. The Morgan fingerprint density at radius 3 is 2.73 bits per heavy atom. The van der Waals surface area contributed by atoms with E-state index in [1.807, 2.05) is 6.92 Å². The largest absolute Gasteiger partial charge is 0.396 e. The van der Waals surface area contributed by atoms with Crippen molar-refractivity contribution in [2.75, 3.05) is 19.8 Å². The van der Waals surface area contributed by atoms with Gasteiger partial charge in [-0.2, -0.15) is 0 Å². The molecule has 0 radical (unpaired) electrons. The van der Waals surface area contributed by atoms with Crippen LogP contribution in [0, 0.1) is 0 Å². The molecular formula is C7H14O3S. The van der Waals surface area contributed by atoms with Crippen molar-refractivity contribution in [1.29, 1.82) is 0 Å². The molecule has 2 unspecified atom stereocenters. The topological polar surface area (TPSA) is 49.7 Å². The molecule has 0 aromatic rings. The van der Waals surface area contributed by atoms with Crippen LogP contribution in [0.25, 0.3) is 0 Å². The molecular weight excluding hydrogens is 164 g/mol. The summed E-state index contributed by atoms with van der Waals surface area (Å²) in [5, 5.41) is 17.8. The Morgan fingerprint density at radius 1 is 1.64 bits per heavy atom. The Balaban J connectivity index is 2.48. The van der Waals surface area contributed by atoms with Crippen LogP contribution in [0.4, 0.5) is 0 Å². The number of ether oxygens (including phenoxy) is 1. The minimum Gasteiger partial charge on any atom is -0.396 e. The first-order chi connectivity index (χ1) is 5.22. The van der Waals surface area contributed by atoms with Crippen LogP contribution in [0.2, 0.25) is 0 Å². The lowest BCUT2D eigenvalue weighted by Crippen LogP contribution is -2.31. The Kier molecular flexibility index (Phi) is 3.18. The van der Waals surface area contributed by atoms with Crippen LogP contribution < -0.4 is 0 Å². The molecule has 0 aromatic heterocycles. The fourth-order valence-electron chi connectivity index (χ4n) is 1.19. The quantitative estimate of drug-likeness (QED) is 0.648. The smallest absolute Gasteiger partial charge is 0.101 e. The Bertz CT molecular complexity index is 127. The van der Waals surface area contributed by atoms with Crippen LogP contribution in [0.3, 0.4) is 0 Å². The van der Waals surface area contributed by atoms with E-state index < -0.39 is 0 Å². The molecule has 2 N–H and O–H groups in total. The average molecular weight is 178 g/mol. The zero-order valence-electron chi connectivity index (χ0n) is 6.62. The Labute approximate surface area is 70.7 Å². The summed E-state index contributed by atoms with van der Waals surface area (Å²) in [5.74, 6) is 0. The number of hydrogen-bond donors (Lipinski definition) is 2. The van der Waals surface area contributed by atoms with Crippen LogP contribution in [0.15, 0.2) is 0 Å². The van der Waals surface area contributed by atoms with Crippen molar-refractivity contribution >= 4 is 11.8 Å². The molecule has 0 aromatic carbocycles. The van der Waals surface area contributed by atoms with Gasteiger partial charge in [0.2, 0.25) is 0 Å². The van der Waals surface area contributed by atoms with E-state index in [1.54, 1.807) is 11.8 Å². The first-order valence-electron chi connectivity index (χ1n) is 3.73. The van der Waals surface area contributed by atoms with Crippen molar-refractivity contribution in [1.82, 2.24) is 0 Å². The Morgan fingerprint density at radius 2 is 2.36 bits per heavy atom. The van der Waals surface area contributed by atoms with Crippen molar-refractivity contribution < 1.29 is 14.9 Å². The summed E-state index contributed by atoms with van der Waals surface area (Å²) in [7, 11) is 0. The first-order valence-corrected chi connectivity index (χ1v) is 4.61. The number of thioether (sulfide) groups is 1. The lowest BCUT2D eigenvalue weighted by atomic mass is 10.1. The maximum absolute atomic E-state index is 9.05. The minimum atomic E-state index is -0.242. The molecule has 3 nitrogen and oxygen atoms in total. The van der Waals surface area contributed by atoms with E-state index in [2.05, 4.69) is 0 Å². The lowest BCUT2D eigenvalue weighted by molar-refractivity contribution is 0.0959. The molecule has 1 fully saturated rings. The highest BCUT2D eigenvalue weighted by Gasteiger charge is 2.38. The second-order valence-corrected chi connectivity index (χ2v) is 4.58. The molecule has 1 heterocycles. The predicted molar refractivity (Wildman–Crippen MR) is 44.5 cm³/mol. The SMILES string of the molecule is CC1OCC(CO)(CCO)S1. The Hall–Kier alpha value is 0.230. The molecule has 1 aliphatic rings. The molecule has 0 amide bonds. The summed E-state index contributed by atoms with van der Waals surface area (Å²) in [4.78, 5) is 0. The molecule has 0 aliphatic carbocycles. The van der Waals surface area contributed by atoms with Gasteiger partial charge in [0.1, 0.15) is 5.44 Å². The maximum atomic E-state index is 9.05. The normalized spacial score (nSPS) is 37.9. The van der Waals surface area contributed by atoms with Crippen molar-refractivity contribution in [3.8, 4) is 0 Å². The first kappa shape index (κ1) is 9.32. The van der Waals surface area contributed by atoms with Gasteiger partial charge in [0.05, 0.1) is 18.0 Å². The third-order valence-corrected chi connectivity index (χ3v) is 3.27. The van der Waals surface area contributed by atoms with Crippen LogP contribution in [0.1, 0.15) is 13.3 Å². The second kappa shape index (κ2) is 3.76. The molecule has 0 saturated carbocycles. The zero-order chi connectivity index (χ0) is 8.32. The van der Waals surface area contributed by atoms with Crippen molar-refractivity contribution in [3.05, 3.63) is 0 Å². The molecule has 1 aliphatic heterocycles. The van der Waals surface area contributed by atoms with E-state index in [9.17, 15) is 0 Å². The van der Waals surface area contributed by atoms with E-state index in [1.165, 1.54) is 0 Å². The third kappa shape index (κ3) is 2.08. The van der Waals surface area contributed by atoms with Gasteiger partial charge in [-0.15, -0.1) is 11.8 Å². The van der Waals surface area contributed by atoms with Crippen molar-refractivity contribution in [2.45, 2.75) is 23.5 Å². The van der Waals surface area contributed by atoms with Crippen molar-refractivity contribution in [3.63, 3.8) is 0 Å². The molecule has 2 atom stereocenters. The highest BCUT2D eigenvalue weighted by atomic mass is 32.2. The van der Waals surface area contributed by atoms with Crippen LogP contribution in [0.5, 0.6) is 0 Å². The predicted octanol–water partition coefficient (Wildman–Crippen LogP) is 0.209. The van der Waals surface area contributed by atoms with Crippen LogP contribution in [-0.2, 0) is 4.74 Å². The summed E-state index contributed by atoms with van der Waals surface area (Å²) >= 11 is 1.61. The van der Waals surface area contributed by atoms with Gasteiger partial charge in [-0.25, -0.2) is 0 Å². The number of rotatable bonds is 3. The molecule has 0 bridgehead atoms. The molecule has 66 valence electrons. The third-order valence-electron chi connectivity index (χ3n) is 1.85. The fraction of sp³-hybridized carbons (Fsp3) is 1.00. The van der Waals surface area contributed by atoms with Gasteiger partial charge in [-0.05, 0) is 13.3 Å². The van der Waals surface area contributed by atoms with Crippen LogP contribution >= 0.6 is 11.8 Å². The summed E-state index contributed by atoms with van der Waals surface area (Å²) < 4.78 is 5.06. The molecule has 1 saturated heterocycles. The average Bonchev–Trinajstić information content (AvgIpc) is 2.34.